The molecule has 3 nitrogen and oxygen atoms in total. The minimum Gasteiger partial charge on any atom is -0.489 e. The molecule has 0 aromatic carbocycles. The van der Waals surface area contributed by atoms with Crippen molar-refractivity contribution < 1.29 is 4.74 Å². The Hall–Kier alpha value is -1.09. The fourth-order valence-corrected chi connectivity index (χ4v) is 1.69. The van der Waals surface area contributed by atoms with Crippen molar-refractivity contribution in [3.8, 4) is 5.75 Å². The van der Waals surface area contributed by atoms with Gasteiger partial charge in [0, 0.05) is 24.5 Å². The van der Waals surface area contributed by atoms with Crippen LogP contribution in [-0.2, 0) is 0 Å². The van der Waals surface area contributed by atoms with Gasteiger partial charge in [-0.25, -0.2) is 0 Å². The van der Waals surface area contributed by atoms with Crippen molar-refractivity contribution in [1.82, 2.24) is 10.3 Å². The molecule has 1 saturated heterocycles. The molecule has 2 heterocycles. The molecule has 1 N–H and O–H groups in total. The number of hydrogen-bond acceptors (Lipinski definition) is 3. The first-order chi connectivity index (χ1) is 6.86. The standard InChI is InChI=1S/C11H16N2O/c1-9-7-13-6-4-11(9)14-10-3-2-5-12-8-10/h4,6-7,10,12H,2-3,5,8H2,1H3/t10-/m1/s1. The average molecular weight is 192 g/mol. The van der Waals surface area contributed by atoms with Crippen LogP contribution in [0.4, 0.5) is 0 Å². The molecule has 0 aliphatic carbocycles. The molecule has 1 aromatic heterocycles. The predicted molar refractivity (Wildman–Crippen MR) is 55.5 cm³/mol. The van der Waals surface area contributed by atoms with Gasteiger partial charge in [-0.15, -0.1) is 0 Å². The molecule has 14 heavy (non-hydrogen) atoms. The van der Waals surface area contributed by atoms with Crippen molar-refractivity contribution in [2.45, 2.75) is 25.9 Å². The predicted octanol–water partition coefficient (Wildman–Crippen LogP) is 1.52. The number of aryl methyl sites for hydroxylation is 1. The van der Waals surface area contributed by atoms with E-state index >= 15 is 0 Å². The third kappa shape index (κ3) is 2.23. The van der Waals surface area contributed by atoms with Crippen LogP contribution < -0.4 is 10.1 Å². The van der Waals surface area contributed by atoms with Crippen molar-refractivity contribution in [2.75, 3.05) is 13.1 Å². The van der Waals surface area contributed by atoms with Crippen LogP contribution in [0.1, 0.15) is 18.4 Å². The summed E-state index contributed by atoms with van der Waals surface area (Å²) < 4.78 is 5.88. The fraction of sp³-hybridized carbons (Fsp3) is 0.545. The second-order valence-electron chi connectivity index (χ2n) is 3.73. The first-order valence-electron chi connectivity index (χ1n) is 5.14. The van der Waals surface area contributed by atoms with Crippen molar-refractivity contribution in [1.29, 1.82) is 0 Å². The number of hydrogen-bond donors (Lipinski definition) is 1. The van der Waals surface area contributed by atoms with Gasteiger partial charge >= 0.3 is 0 Å². The lowest BCUT2D eigenvalue weighted by molar-refractivity contribution is 0.166. The minimum atomic E-state index is 0.324. The zero-order valence-corrected chi connectivity index (χ0v) is 8.49. The Morgan fingerprint density at radius 3 is 3.21 bits per heavy atom. The molecule has 1 fully saturated rings. The van der Waals surface area contributed by atoms with Gasteiger partial charge in [-0.2, -0.15) is 0 Å². The quantitative estimate of drug-likeness (QED) is 0.771. The molecule has 0 amide bonds. The highest BCUT2D eigenvalue weighted by Crippen LogP contribution is 2.18. The molecule has 1 atom stereocenters. The summed E-state index contributed by atoms with van der Waals surface area (Å²) in [5, 5.41) is 3.33. The van der Waals surface area contributed by atoms with Crippen LogP contribution >= 0.6 is 0 Å². The molecule has 0 unspecified atom stereocenters. The molecule has 0 saturated carbocycles. The molecule has 76 valence electrons. The molecule has 1 aliphatic rings. The fourth-order valence-electron chi connectivity index (χ4n) is 1.69. The average Bonchev–Trinajstić information content (AvgIpc) is 2.23. The smallest absolute Gasteiger partial charge is 0.125 e. The van der Waals surface area contributed by atoms with E-state index in [0.717, 1.165) is 30.8 Å². The number of aromatic nitrogens is 1. The van der Waals surface area contributed by atoms with E-state index in [4.69, 9.17) is 4.74 Å². The van der Waals surface area contributed by atoms with E-state index in [1.807, 2.05) is 19.2 Å². The second kappa shape index (κ2) is 4.42. The molecule has 0 spiro atoms. The monoisotopic (exact) mass is 192 g/mol. The third-order valence-corrected chi connectivity index (χ3v) is 2.51. The Bertz CT molecular complexity index is 295. The van der Waals surface area contributed by atoms with Gasteiger partial charge in [0.2, 0.25) is 0 Å². The lowest BCUT2D eigenvalue weighted by atomic mass is 10.1. The van der Waals surface area contributed by atoms with Crippen LogP contribution in [0.5, 0.6) is 5.75 Å². The molecule has 1 aromatic rings. The van der Waals surface area contributed by atoms with Crippen LogP contribution in [0, 0.1) is 6.92 Å². The number of nitrogens with one attached hydrogen (secondary N) is 1. The Morgan fingerprint density at radius 1 is 1.57 bits per heavy atom. The highest BCUT2D eigenvalue weighted by atomic mass is 16.5. The largest absolute Gasteiger partial charge is 0.489 e. The second-order valence-corrected chi connectivity index (χ2v) is 3.73. The maximum absolute atomic E-state index is 5.88. The van der Waals surface area contributed by atoms with Gasteiger partial charge in [-0.1, -0.05) is 0 Å². The Kier molecular flexibility index (Phi) is 2.99. The van der Waals surface area contributed by atoms with Crippen molar-refractivity contribution >= 4 is 0 Å². The van der Waals surface area contributed by atoms with Gasteiger partial charge in [0.25, 0.3) is 0 Å². The van der Waals surface area contributed by atoms with Gasteiger partial charge in [0.05, 0.1) is 0 Å². The summed E-state index contributed by atoms with van der Waals surface area (Å²) in [6.07, 6.45) is 6.29. The summed E-state index contributed by atoms with van der Waals surface area (Å²) >= 11 is 0. The summed E-state index contributed by atoms with van der Waals surface area (Å²) in [5.41, 5.74) is 1.11. The van der Waals surface area contributed by atoms with Gasteiger partial charge in [-0.3, -0.25) is 4.98 Å². The Morgan fingerprint density at radius 2 is 2.50 bits per heavy atom. The summed E-state index contributed by atoms with van der Waals surface area (Å²) in [7, 11) is 0. The van der Waals surface area contributed by atoms with Gasteiger partial charge in [0.1, 0.15) is 11.9 Å². The number of piperidine rings is 1. The zero-order chi connectivity index (χ0) is 9.80. The summed E-state index contributed by atoms with van der Waals surface area (Å²) in [6.45, 7) is 4.11. The Balaban J connectivity index is 1.99. The van der Waals surface area contributed by atoms with E-state index in [1.54, 1.807) is 6.20 Å². The van der Waals surface area contributed by atoms with E-state index in [-0.39, 0.29) is 0 Å². The molecule has 3 heteroatoms. The van der Waals surface area contributed by atoms with Gasteiger partial charge in [-0.05, 0) is 32.4 Å². The van der Waals surface area contributed by atoms with Gasteiger partial charge < -0.3 is 10.1 Å². The van der Waals surface area contributed by atoms with Crippen molar-refractivity contribution in [3.05, 3.63) is 24.0 Å². The highest BCUT2D eigenvalue weighted by molar-refractivity contribution is 5.28. The van der Waals surface area contributed by atoms with E-state index in [9.17, 15) is 0 Å². The first-order valence-corrected chi connectivity index (χ1v) is 5.14. The van der Waals surface area contributed by atoms with Crippen LogP contribution in [-0.4, -0.2) is 24.2 Å². The Labute approximate surface area is 84.5 Å². The number of ether oxygens (including phenoxy) is 1. The molecular formula is C11H16N2O. The maximum Gasteiger partial charge on any atom is 0.125 e. The lowest BCUT2D eigenvalue weighted by Crippen LogP contribution is -2.37. The molecular weight excluding hydrogens is 176 g/mol. The van der Waals surface area contributed by atoms with E-state index in [1.165, 1.54) is 6.42 Å². The summed E-state index contributed by atoms with van der Waals surface area (Å²) in [5.74, 6) is 0.966. The maximum atomic E-state index is 5.88. The number of rotatable bonds is 2. The van der Waals surface area contributed by atoms with Crippen LogP contribution in [0.3, 0.4) is 0 Å². The van der Waals surface area contributed by atoms with E-state index in [0.29, 0.717) is 6.10 Å². The topological polar surface area (TPSA) is 34.1 Å². The highest BCUT2D eigenvalue weighted by Gasteiger charge is 2.14. The minimum absolute atomic E-state index is 0.324. The molecule has 0 bridgehead atoms. The van der Waals surface area contributed by atoms with Crippen LogP contribution in [0.15, 0.2) is 18.5 Å². The normalized spacial score (nSPS) is 21.9. The number of pyridine rings is 1. The van der Waals surface area contributed by atoms with Gasteiger partial charge in [0.15, 0.2) is 0 Å². The third-order valence-electron chi connectivity index (χ3n) is 2.51. The van der Waals surface area contributed by atoms with Crippen LogP contribution in [0.25, 0.3) is 0 Å². The zero-order valence-electron chi connectivity index (χ0n) is 8.49. The summed E-state index contributed by atoms with van der Waals surface area (Å²) in [6, 6.07) is 1.93. The molecule has 2 rings (SSSR count). The first kappa shape index (κ1) is 9.46. The summed E-state index contributed by atoms with van der Waals surface area (Å²) in [4.78, 5) is 4.04. The lowest BCUT2D eigenvalue weighted by Gasteiger charge is -2.24. The molecule has 1 aliphatic heterocycles. The molecule has 0 radical (unpaired) electrons. The van der Waals surface area contributed by atoms with E-state index in [2.05, 4.69) is 10.3 Å². The van der Waals surface area contributed by atoms with Crippen molar-refractivity contribution in [2.24, 2.45) is 0 Å². The van der Waals surface area contributed by atoms with Crippen LogP contribution in [0.2, 0.25) is 0 Å². The SMILES string of the molecule is Cc1cnccc1O[C@@H]1CCCNC1. The number of nitrogens with zero attached hydrogens (tertiary/aromatic N) is 1. The van der Waals surface area contributed by atoms with Crippen molar-refractivity contribution in [3.63, 3.8) is 0 Å². The van der Waals surface area contributed by atoms with E-state index < -0.39 is 0 Å².